The minimum Gasteiger partial charge on any atom is -0.481 e. The van der Waals surface area contributed by atoms with Crippen LogP contribution in [0.3, 0.4) is 0 Å². The number of fused-ring (bicyclic) bond motifs is 1. The summed E-state index contributed by atoms with van der Waals surface area (Å²) in [5, 5.41) is 18.2. The van der Waals surface area contributed by atoms with Crippen LogP contribution in [0.25, 0.3) is 5.65 Å². The van der Waals surface area contributed by atoms with Crippen molar-refractivity contribution in [3.63, 3.8) is 0 Å². The molecule has 0 aliphatic carbocycles. The Hall–Kier alpha value is -3.17. The number of imidazole rings is 1. The number of aliphatic carboxylic acids is 1. The predicted molar refractivity (Wildman–Crippen MR) is 87.3 cm³/mol. The van der Waals surface area contributed by atoms with Gasteiger partial charge in [0, 0.05) is 20.1 Å². The SMILES string of the molecule is CNC(=O)Nc1cn2nc(C(=O)N3CCC(C(=O)O)CC3)ccc2n1. The van der Waals surface area contributed by atoms with E-state index in [2.05, 4.69) is 20.7 Å². The van der Waals surface area contributed by atoms with Gasteiger partial charge in [-0.15, -0.1) is 0 Å². The summed E-state index contributed by atoms with van der Waals surface area (Å²) in [5.41, 5.74) is 0.734. The molecule has 0 atom stereocenters. The molecule has 25 heavy (non-hydrogen) atoms. The normalized spacial score (nSPS) is 15.2. The summed E-state index contributed by atoms with van der Waals surface area (Å²) in [7, 11) is 1.49. The highest BCUT2D eigenvalue weighted by Crippen LogP contribution is 2.19. The van der Waals surface area contributed by atoms with Gasteiger partial charge in [0.2, 0.25) is 0 Å². The largest absolute Gasteiger partial charge is 0.481 e. The van der Waals surface area contributed by atoms with Crippen LogP contribution in [0.5, 0.6) is 0 Å². The van der Waals surface area contributed by atoms with Gasteiger partial charge in [0.05, 0.1) is 12.1 Å². The van der Waals surface area contributed by atoms with E-state index in [-0.39, 0.29) is 11.6 Å². The third kappa shape index (κ3) is 3.52. The van der Waals surface area contributed by atoms with Crippen LogP contribution in [0.2, 0.25) is 0 Å². The summed E-state index contributed by atoms with van der Waals surface area (Å²) in [6, 6.07) is 2.80. The highest BCUT2D eigenvalue weighted by atomic mass is 16.4. The number of urea groups is 1. The molecule has 1 aliphatic heterocycles. The van der Waals surface area contributed by atoms with Crippen molar-refractivity contribution in [2.45, 2.75) is 12.8 Å². The molecule has 3 amide bonds. The minimum absolute atomic E-state index is 0.241. The van der Waals surface area contributed by atoms with Gasteiger partial charge in [-0.2, -0.15) is 5.10 Å². The lowest BCUT2D eigenvalue weighted by atomic mass is 9.97. The Morgan fingerprint density at radius 2 is 1.96 bits per heavy atom. The third-order valence-corrected chi connectivity index (χ3v) is 4.14. The van der Waals surface area contributed by atoms with Gasteiger partial charge in [-0.3, -0.25) is 14.9 Å². The Labute approximate surface area is 142 Å². The molecule has 1 saturated heterocycles. The molecule has 10 heteroatoms. The zero-order chi connectivity index (χ0) is 18.0. The second kappa shape index (κ2) is 6.75. The molecule has 2 aromatic heterocycles. The molecular weight excluding hydrogens is 328 g/mol. The summed E-state index contributed by atoms with van der Waals surface area (Å²) < 4.78 is 1.42. The zero-order valence-corrected chi connectivity index (χ0v) is 13.6. The molecule has 3 N–H and O–H groups in total. The van der Waals surface area contributed by atoms with Crippen molar-refractivity contribution in [1.82, 2.24) is 24.8 Å². The number of carboxylic acid groups (broad SMARTS) is 1. The molecule has 0 aromatic carbocycles. The van der Waals surface area contributed by atoms with Crippen molar-refractivity contribution in [2.24, 2.45) is 5.92 Å². The van der Waals surface area contributed by atoms with Crippen molar-refractivity contribution in [3.8, 4) is 0 Å². The zero-order valence-electron chi connectivity index (χ0n) is 13.6. The average molecular weight is 346 g/mol. The lowest BCUT2D eigenvalue weighted by Gasteiger charge is -2.29. The van der Waals surface area contributed by atoms with Crippen LogP contribution in [-0.2, 0) is 4.79 Å². The molecule has 132 valence electrons. The first-order chi connectivity index (χ1) is 12.0. The molecule has 1 aliphatic rings. The fourth-order valence-electron chi connectivity index (χ4n) is 2.73. The van der Waals surface area contributed by atoms with Crippen LogP contribution in [-0.4, -0.2) is 62.6 Å². The fraction of sp³-hybridized carbons (Fsp3) is 0.400. The second-order valence-electron chi connectivity index (χ2n) is 5.76. The maximum Gasteiger partial charge on any atom is 0.320 e. The number of nitrogens with one attached hydrogen (secondary N) is 2. The van der Waals surface area contributed by atoms with E-state index in [1.165, 1.54) is 17.8 Å². The number of hydrogen-bond donors (Lipinski definition) is 3. The molecule has 1 fully saturated rings. The summed E-state index contributed by atoms with van der Waals surface area (Å²) >= 11 is 0. The number of carbonyl (C=O) groups is 3. The minimum atomic E-state index is -0.818. The Morgan fingerprint density at radius 3 is 2.60 bits per heavy atom. The Kier molecular flexibility index (Phi) is 4.50. The summed E-state index contributed by atoms with van der Waals surface area (Å²) in [5.74, 6) is -1.15. The molecule has 0 spiro atoms. The number of rotatable bonds is 3. The van der Waals surface area contributed by atoms with Crippen LogP contribution in [0.1, 0.15) is 23.3 Å². The van der Waals surface area contributed by atoms with Crippen LogP contribution >= 0.6 is 0 Å². The Morgan fingerprint density at radius 1 is 1.24 bits per heavy atom. The van der Waals surface area contributed by atoms with E-state index in [9.17, 15) is 14.4 Å². The molecule has 3 rings (SSSR count). The van der Waals surface area contributed by atoms with E-state index in [1.807, 2.05) is 0 Å². The number of amides is 3. The van der Waals surface area contributed by atoms with Gasteiger partial charge in [0.25, 0.3) is 5.91 Å². The van der Waals surface area contributed by atoms with Gasteiger partial charge >= 0.3 is 12.0 Å². The smallest absolute Gasteiger partial charge is 0.320 e. The first-order valence-electron chi connectivity index (χ1n) is 7.85. The van der Waals surface area contributed by atoms with Crippen LogP contribution in [0.15, 0.2) is 18.3 Å². The number of piperidine rings is 1. The highest BCUT2D eigenvalue weighted by molar-refractivity contribution is 5.92. The first-order valence-corrected chi connectivity index (χ1v) is 7.85. The molecule has 3 heterocycles. The monoisotopic (exact) mass is 346 g/mol. The van der Waals surface area contributed by atoms with Gasteiger partial charge in [0.1, 0.15) is 5.69 Å². The summed E-state index contributed by atoms with van der Waals surface area (Å²) in [4.78, 5) is 40.6. The molecule has 2 aromatic rings. The fourth-order valence-corrected chi connectivity index (χ4v) is 2.73. The van der Waals surface area contributed by atoms with Crippen molar-refractivity contribution in [2.75, 3.05) is 25.5 Å². The van der Waals surface area contributed by atoms with E-state index in [0.29, 0.717) is 37.4 Å². The van der Waals surface area contributed by atoms with Crippen molar-refractivity contribution < 1.29 is 19.5 Å². The van der Waals surface area contributed by atoms with E-state index < -0.39 is 17.9 Å². The van der Waals surface area contributed by atoms with Crippen molar-refractivity contribution in [1.29, 1.82) is 0 Å². The van der Waals surface area contributed by atoms with Gasteiger partial charge in [-0.1, -0.05) is 0 Å². The third-order valence-electron chi connectivity index (χ3n) is 4.14. The van der Waals surface area contributed by atoms with E-state index >= 15 is 0 Å². The average Bonchev–Trinajstić information content (AvgIpc) is 3.02. The van der Waals surface area contributed by atoms with Gasteiger partial charge < -0.3 is 15.3 Å². The van der Waals surface area contributed by atoms with Gasteiger partial charge in [0.15, 0.2) is 11.5 Å². The number of nitrogens with zero attached hydrogens (tertiary/aromatic N) is 4. The summed E-state index contributed by atoms with van der Waals surface area (Å²) in [6.45, 7) is 0.784. The number of hydrogen-bond acceptors (Lipinski definition) is 5. The molecule has 0 radical (unpaired) electrons. The van der Waals surface area contributed by atoms with E-state index in [4.69, 9.17) is 5.11 Å². The van der Waals surface area contributed by atoms with Crippen molar-refractivity contribution >= 4 is 29.4 Å². The van der Waals surface area contributed by atoms with Crippen molar-refractivity contribution in [3.05, 3.63) is 24.0 Å². The topological polar surface area (TPSA) is 129 Å². The molecule has 0 bridgehead atoms. The van der Waals surface area contributed by atoms with Gasteiger partial charge in [-0.05, 0) is 25.0 Å². The van der Waals surface area contributed by atoms with Gasteiger partial charge in [-0.25, -0.2) is 14.3 Å². The summed E-state index contributed by atoms with van der Waals surface area (Å²) in [6.07, 6.45) is 2.39. The van der Waals surface area contributed by atoms with E-state index in [1.54, 1.807) is 17.0 Å². The number of carbonyl (C=O) groups excluding carboxylic acids is 2. The number of anilines is 1. The molecule has 0 saturated carbocycles. The molecular formula is C15H18N6O4. The predicted octanol–water partition coefficient (Wildman–Crippen LogP) is 0.417. The number of likely N-dealkylation sites (tertiary alicyclic amines) is 1. The lowest BCUT2D eigenvalue weighted by Crippen LogP contribution is -2.40. The molecule has 10 nitrogen and oxygen atoms in total. The lowest BCUT2D eigenvalue weighted by molar-refractivity contribution is -0.143. The Bertz CT molecular complexity index is 825. The molecule has 0 unspecified atom stereocenters. The van der Waals surface area contributed by atoms with Crippen LogP contribution in [0, 0.1) is 5.92 Å². The number of carboxylic acids is 1. The maximum atomic E-state index is 12.6. The quantitative estimate of drug-likeness (QED) is 0.738. The Balaban J connectivity index is 1.74. The van der Waals surface area contributed by atoms with Crippen LogP contribution in [0.4, 0.5) is 10.6 Å². The standard InChI is InChI=1S/C15H18N6O4/c1-16-15(25)18-11-8-21-12(17-11)3-2-10(19-21)13(22)20-6-4-9(5-7-20)14(23)24/h2-3,8-9H,4-7H2,1H3,(H,23,24)(H2,16,18,25). The second-order valence-corrected chi connectivity index (χ2v) is 5.76. The first kappa shape index (κ1) is 16.7. The van der Waals surface area contributed by atoms with E-state index in [0.717, 1.165) is 0 Å². The highest BCUT2D eigenvalue weighted by Gasteiger charge is 2.28. The maximum absolute atomic E-state index is 12.6. The number of aromatic nitrogens is 3. The van der Waals surface area contributed by atoms with Crippen LogP contribution < -0.4 is 10.6 Å².